The molecule has 0 amide bonds. The molecule has 0 N–H and O–H groups in total. The van der Waals surface area contributed by atoms with E-state index < -0.39 is 5.97 Å². The molecule has 2 heterocycles. The van der Waals surface area contributed by atoms with E-state index in [2.05, 4.69) is 20.3 Å². The standard InChI is InChI=1S/C11H14N6O2/c1-4-19-11(18)9-10(12-7-16(2)3)17-8(14-15-9)5-6-13-17/h5-7H,4H2,1-3H3/b12-7+. The molecule has 0 aliphatic rings. The first-order valence-corrected chi connectivity index (χ1v) is 5.71. The van der Waals surface area contributed by atoms with Crippen molar-refractivity contribution in [2.45, 2.75) is 6.92 Å². The lowest BCUT2D eigenvalue weighted by molar-refractivity contribution is 0.0518. The Balaban J connectivity index is 2.55. The molecular formula is C11H14N6O2. The van der Waals surface area contributed by atoms with Crippen molar-refractivity contribution in [1.82, 2.24) is 24.7 Å². The first-order valence-electron chi connectivity index (χ1n) is 5.71. The van der Waals surface area contributed by atoms with E-state index in [9.17, 15) is 4.79 Å². The maximum absolute atomic E-state index is 11.8. The minimum absolute atomic E-state index is 0.0381. The Bertz CT molecular complexity index is 619. The molecule has 19 heavy (non-hydrogen) atoms. The minimum Gasteiger partial charge on any atom is -0.461 e. The third-order valence-electron chi connectivity index (χ3n) is 2.17. The van der Waals surface area contributed by atoms with Gasteiger partial charge < -0.3 is 9.64 Å². The van der Waals surface area contributed by atoms with Crippen LogP contribution in [0, 0.1) is 0 Å². The summed E-state index contributed by atoms with van der Waals surface area (Å²) in [5, 5.41) is 11.8. The van der Waals surface area contributed by atoms with Gasteiger partial charge in [-0.2, -0.15) is 9.61 Å². The summed E-state index contributed by atoms with van der Waals surface area (Å²) in [5.41, 5.74) is 0.551. The van der Waals surface area contributed by atoms with Crippen LogP contribution in [0.4, 0.5) is 5.82 Å². The van der Waals surface area contributed by atoms with Crippen molar-refractivity contribution < 1.29 is 9.53 Å². The maximum Gasteiger partial charge on any atom is 0.362 e. The Morgan fingerprint density at radius 1 is 1.53 bits per heavy atom. The second-order valence-electron chi connectivity index (χ2n) is 3.90. The molecule has 0 saturated heterocycles. The molecule has 2 rings (SSSR count). The predicted octanol–water partition coefficient (Wildman–Crippen LogP) is 0.522. The van der Waals surface area contributed by atoms with Gasteiger partial charge in [0.2, 0.25) is 5.69 Å². The summed E-state index contributed by atoms with van der Waals surface area (Å²) in [7, 11) is 3.64. The molecule has 0 spiro atoms. The highest BCUT2D eigenvalue weighted by Crippen LogP contribution is 2.17. The molecule has 8 heteroatoms. The highest BCUT2D eigenvalue weighted by molar-refractivity contribution is 5.92. The van der Waals surface area contributed by atoms with Crippen molar-refractivity contribution in [1.29, 1.82) is 0 Å². The number of esters is 1. The number of hydrogen-bond acceptors (Lipinski definition) is 6. The molecule has 0 aliphatic heterocycles. The third kappa shape index (κ3) is 2.67. The quantitative estimate of drug-likeness (QED) is 0.454. The van der Waals surface area contributed by atoms with Gasteiger partial charge in [-0.05, 0) is 6.92 Å². The number of aliphatic imine (C=N–C) groups is 1. The van der Waals surface area contributed by atoms with Crippen LogP contribution in [0.3, 0.4) is 0 Å². The van der Waals surface area contributed by atoms with Gasteiger partial charge in [0.05, 0.1) is 19.1 Å². The number of aromatic nitrogens is 4. The number of rotatable bonds is 4. The van der Waals surface area contributed by atoms with Gasteiger partial charge in [0, 0.05) is 20.2 Å². The number of hydrogen-bond donors (Lipinski definition) is 0. The van der Waals surface area contributed by atoms with Gasteiger partial charge in [0.15, 0.2) is 11.5 Å². The van der Waals surface area contributed by atoms with E-state index in [1.807, 2.05) is 14.1 Å². The van der Waals surface area contributed by atoms with Gasteiger partial charge in [-0.3, -0.25) is 0 Å². The van der Waals surface area contributed by atoms with Crippen LogP contribution in [0.2, 0.25) is 0 Å². The van der Waals surface area contributed by atoms with Gasteiger partial charge >= 0.3 is 5.97 Å². The van der Waals surface area contributed by atoms with Crippen molar-refractivity contribution in [3.63, 3.8) is 0 Å². The van der Waals surface area contributed by atoms with Crippen LogP contribution in [0.1, 0.15) is 17.4 Å². The maximum atomic E-state index is 11.8. The zero-order valence-electron chi connectivity index (χ0n) is 10.9. The van der Waals surface area contributed by atoms with Crippen LogP contribution < -0.4 is 0 Å². The fourth-order valence-electron chi connectivity index (χ4n) is 1.40. The van der Waals surface area contributed by atoms with Gasteiger partial charge in [-0.1, -0.05) is 0 Å². The molecule has 0 aromatic carbocycles. The zero-order chi connectivity index (χ0) is 13.8. The minimum atomic E-state index is -0.571. The number of nitrogens with zero attached hydrogens (tertiary/aromatic N) is 6. The van der Waals surface area contributed by atoms with Crippen LogP contribution in [0.25, 0.3) is 5.65 Å². The fraction of sp³-hybridized carbons (Fsp3) is 0.364. The smallest absolute Gasteiger partial charge is 0.362 e. The van der Waals surface area contributed by atoms with E-state index in [1.54, 1.807) is 30.4 Å². The highest BCUT2D eigenvalue weighted by Gasteiger charge is 2.18. The molecule has 0 unspecified atom stereocenters. The van der Waals surface area contributed by atoms with Crippen LogP contribution in [0.15, 0.2) is 17.3 Å². The van der Waals surface area contributed by atoms with Gasteiger partial charge in [0.1, 0.15) is 0 Å². The number of fused-ring (bicyclic) bond motifs is 1. The normalized spacial score (nSPS) is 11.1. The molecule has 8 nitrogen and oxygen atoms in total. The van der Waals surface area contributed by atoms with Crippen LogP contribution in [-0.4, -0.2) is 57.7 Å². The molecule has 0 fully saturated rings. The summed E-state index contributed by atoms with van der Waals surface area (Å²) >= 11 is 0. The topological polar surface area (TPSA) is 85.0 Å². The summed E-state index contributed by atoms with van der Waals surface area (Å²) in [4.78, 5) is 17.8. The molecule has 0 radical (unpaired) electrons. The second kappa shape index (κ2) is 5.42. The van der Waals surface area contributed by atoms with Crippen molar-refractivity contribution >= 4 is 23.8 Å². The van der Waals surface area contributed by atoms with E-state index >= 15 is 0 Å². The molecule has 0 saturated carbocycles. The average Bonchev–Trinajstić information content (AvgIpc) is 2.84. The summed E-state index contributed by atoms with van der Waals surface area (Å²) in [6.07, 6.45) is 3.12. The SMILES string of the molecule is CCOC(=O)c1nnc2ccnn2c1/N=C/N(C)C. The van der Waals surface area contributed by atoms with E-state index in [0.717, 1.165) is 0 Å². The molecule has 2 aromatic heterocycles. The van der Waals surface area contributed by atoms with Crippen LogP contribution in [-0.2, 0) is 4.74 Å². The first-order chi connectivity index (χ1) is 9.13. The largest absolute Gasteiger partial charge is 0.461 e. The van der Waals surface area contributed by atoms with Crippen molar-refractivity contribution in [3.05, 3.63) is 18.0 Å². The summed E-state index contributed by atoms with van der Waals surface area (Å²) in [6.45, 7) is 1.98. The molecule has 100 valence electrons. The Kier molecular flexibility index (Phi) is 3.69. The molecule has 0 bridgehead atoms. The zero-order valence-corrected chi connectivity index (χ0v) is 10.9. The van der Waals surface area contributed by atoms with E-state index in [0.29, 0.717) is 11.5 Å². The monoisotopic (exact) mass is 262 g/mol. The number of carbonyl (C=O) groups is 1. The lowest BCUT2D eigenvalue weighted by Crippen LogP contribution is -2.13. The fourth-order valence-corrected chi connectivity index (χ4v) is 1.40. The summed E-state index contributed by atoms with van der Waals surface area (Å²) in [5.74, 6) is -0.277. The summed E-state index contributed by atoms with van der Waals surface area (Å²) < 4.78 is 6.37. The predicted molar refractivity (Wildman–Crippen MR) is 68.6 cm³/mol. The van der Waals surface area contributed by atoms with Crippen LogP contribution >= 0.6 is 0 Å². The van der Waals surface area contributed by atoms with E-state index in [4.69, 9.17) is 4.74 Å². The Labute approximate surface area is 109 Å². The Hall–Kier alpha value is -2.51. The molecular weight excluding hydrogens is 248 g/mol. The average molecular weight is 262 g/mol. The van der Waals surface area contributed by atoms with Crippen LogP contribution in [0.5, 0.6) is 0 Å². The lowest BCUT2D eigenvalue weighted by Gasteiger charge is -2.07. The van der Waals surface area contributed by atoms with Gasteiger partial charge in [-0.15, -0.1) is 10.2 Å². The number of carbonyl (C=O) groups excluding carboxylic acids is 1. The Morgan fingerprint density at radius 3 is 3.00 bits per heavy atom. The van der Waals surface area contributed by atoms with Crippen molar-refractivity contribution in [3.8, 4) is 0 Å². The van der Waals surface area contributed by atoms with E-state index in [1.165, 1.54) is 4.52 Å². The molecule has 0 atom stereocenters. The second-order valence-corrected chi connectivity index (χ2v) is 3.90. The van der Waals surface area contributed by atoms with Gasteiger partial charge in [0.25, 0.3) is 0 Å². The highest BCUT2D eigenvalue weighted by atomic mass is 16.5. The van der Waals surface area contributed by atoms with Gasteiger partial charge in [-0.25, -0.2) is 9.79 Å². The molecule has 2 aromatic rings. The van der Waals surface area contributed by atoms with Crippen molar-refractivity contribution in [2.24, 2.45) is 4.99 Å². The Morgan fingerprint density at radius 2 is 2.32 bits per heavy atom. The number of ether oxygens (including phenoxy) is 1. The third-order valence-corrected chi connectivity index (χ3v) is 2.17. The van der Waals surface area contributed by atoms with E-state index in [-0.39, 0.29) is 12.3 Å². The van der Waals surface area contributed by atoms with Crippen molar-refractivity contribution in [2.75, 3.05) is 20.7 Å². The summed E-state index contributed by atoms with van der Waals surface area (Å²) in [6, 6.07) is 1.68. The molecule has 0 aliphatic carbocycles. The lowest BCUT2D eigenvalue weighted by atomic mass is 10.4. The first kappa shape index (κ1) is 12.9.